The first-order valence-electron chi connectivity index (χ1n) is 11.3. The van der Waals surface area contributed by atoms with Crippen molar-refractivity contribution in [2.24, 2.45) is 0 Å². The van der Waals surface area contributed by atoms with E-state index in [9.17, 15) is 10.1 Å². The summed E-state index contributed by atoms with van der Waals surface area (Å²) < 4.78 is 9.05. The van der Waals surface area contributed by atoms with E-state index in [1.807, 2.05) is 77.6 Å². The van der Waals surface area contributed by atoms with Crippen LogP contribution in [0.3, 0.4) is 0 Å². The molecule has 8 nitrogen and oxygen atoms in total. The van der Waals surface area contributed by atoms with E-state index in [0.29, 0.717) is 28.9 Å². The quantitative estimate of drug-likeness (QED) is 0.253. The van der Waals surface area contributed by atoms with E-state index >= 15 is 0 Å². The van der Waals surface area contributed by atoms with Crippen molar-refractivity contribution < 1.29 is 9.53 Å². The molecular formula is C27H26N6O2S. The fraction of sp³-hybridized carbons (Fsp3) is 0.185. The second-order valence-electron chi connectivity index (χ2n) is 7.99. The number of hydrogen-bond acceptors (Lipinski definition) is 6. The molecule has 0 spiro atoms. The number of nitriles is 1. The number of carbonyl (C=O) groups is 1. The smallest absolute Gasteiger partial charge is 0.236 e. The van der Waals surface area contributed by atoms with Crippen molar-refractivity contribution >= 4 is 23.5 Å². The van der Waals surface area contributed by atoms with Gasteiger partial charge in [0.25, 0.3) is 0 Å². The number of hydrogen-bond donors (Lipinski definition) is 1. The second kappa shape index (κ2) is 11.0. The van der Waals surface area contributed by atoms with Gasteiger partial charge >= 0.3 is 0 Å². The zero-order valence-corrected chi connectivity index (χ0v) is 21.2. The Morgan fingerprint density at radius 3 is 2.53 bits per heavy atom. The highest BCUT2D eigenvalue weighted by Crippen LogP contribution is 2.31. The van der Waals surface area contributed by atoms with Gasteiger partial charge in [0.15, 0.2) is 11.0 Å². The summed E-state index contributed by atoms with van der Waals surface area (Å²) >= 11 is 1.28. The van der Waals surface area contributed by atoms with Gasteiger partial charge in [-0.2, -0.15) is 5.26 Å². The molecule has 0 unspecified atom stereocenters. The Kier molecular flexibility index (Phi) is 7.56. The Morgan fingerprint density at radius 2 is 1.89 bits per heavy atom. The lowest BCUT2D eigenvalue weighted by Crippen LogP contribution is -2.18. The van der Waals surface area contributed by atoms with Crippen LogP contribution in [-0.4, -0.2) is 38.1 Å². The number of aromatic nitrogens is 4. The Balaban J connectivity index is 1.56. The standard InChI is InChI=1S/C27H26N6O2S/c1-5-15-32-25(20-11-13-22(35-4)14-12-20)30-31-27(32)36-17-24(34)29-26-23(16-28)18(2)19(3)33(26)21-9-7-6-8-10-21/h5-14H,1,15,17H2,2-4H3,(H,29,34). The average Bonchev–Trinajstić information content (AvgIpc) is 3.41. The molecule has 0 saturated heterocycles. The number of amides is 1. The minimum Gasteiger partial charge on any atom is -0.497 e. The van der Waals surface area contributed by atoms with Crippen LogP contribution < -0.4 is 10.1 Å². The van der Waals surface area contributed by atoms with Crippen LogP contribution in [0, 0.1) is 25.2 Å². The summed E-state index contributed by atoms with van der Waals surface area (Å²) in [6.45, 7) is 8.15. The van der Waals surface area contributed by atoms with Crippen LogP contribution in [0.4, 0.5) is 5.82 Å². The van der Waals surface area contributed by atoms with E-state index in [0.717, 1.165) is 28.3 Å². The highest BCUT2D eigenvalue weighted by molar-refractivity contribution is 7.99. The number of methoxy groups -OCH3 is 1. The number of ether oxygens (including phenoxy) is 1. The monoisotopic (exact) mass is 498 g/mol. The summed E-state index contributed by atoms with van der Waals surface area (Å²) in [5.41, 5.74) is 3.94. The molecule has 2 aromatic heterocycles. The molecular weight excluding hydrogens is 472 g/mol. The van der Waals surface area contributed by atoms with Crippen LogP contribution in [0.25, 0.3) is 17.1 Å². The van der Waals surface area contributed by atoms with Crippen LogP contribution in [0.5, 0.6) is 5.75 Å². The van der Waals surface area contributed by atoms with Gasteiger partial charge in [-0.05, 0) is 55.8 Å². The number of nitrogens with one attached hydrogen (secondary N) is 1. The zero-order chi connectivity index (χ0) is 25.7. The van der Waals surface area contributed by atoms with Gasteiger partial charge in [0.05, 0.1) is 18.4 Å². The maximum Gasteiger partial charge on any atom is 0.236 e. The Bertz CT molecular complexity index is 1430. The van der Waals surface area contributed by atoms with Gasteiger partial charge in [-0.25, -0.2) is 0 Å². The van der Waals surface area contributed by atoms with Gasteiger partial charge < -0.3 is 10.1 Å². The molecule has 4 rings (SSSR count). The first-order chi connectivity index (χ1) is 17.5. The number of para-hydroxylation sites is 1. The van der Waals surface area contributed by atoms with E-state index in [1.165, 1.54) is 11.8 Å². The Morgan fingerprint density at radius 1 is 1.17 bits per heavy atom. The maximum absolute atomic E-state index is 13.0. The lowest BCUT2D eigenvalue weighted by molar-refractivity contribution is -0.113. The third kappa shape index (κ3) is 4.90. The lowest BCUT2D eigenvalue weighted by Gasteiger charge is -2.13. The molecule has 4 aromatic rings. The first kappa shape index (κ1) is 24.8. The van der Waals surface area contributed by atoms with Crippen molar-refractivity contribution in [3.63, 3.8) is 0 Å². The Hall–Kier alpha value is -4.29. The molecule has 0 fully saturated rings. The van der Waals surface area contributed by atoms with Crippen molar-refractivity contribution in [3.05, 3.63) is 84.1 Å². The molecule has 1 N–H and O–H groups in total. The summed E-state index contributed by atoms with van der Waals surface area (Å²) in [4.78, 5) is 13.0. The van der Waals surface area contributed by atoms with Gasteiger partial charge in [-0.3, -0.25) is 13.9 Å². The molecule has 9 heteroatoms. The molecule has 0 aliphatic heterocycles. The number of benzene rings is 2. The van der Waals surface area contributed by atoms with Gasteiger partial charge in [0.1, 0.15) is 17.6 Å². The molecule has 0 bridgehead atoms. The largest absolute Gasteiger partial charge is 0.497 e. The second-order valence-corrected chi connectivity index (χ2v) is 8.93. The average molecular weight is 499 g/mol. The summed E-state index contributed by atoms with van der Waals surface area (Å²) in [5.74, 6) is 1.75. The fourth-order valence-corrected chi connectivity index (χ4v) is 4.65. The number of nitrogens with zero attached hydrogens (tertiary/aromatic N) is 5. The van der Waals surface area contributed by atoms with Gasteiger partial charge in [-0.1, -0.05) is 36.0 Å². The van der Waals surface area contributed by atoms with E-state index < -0.39 is 0 Å². The molecule has 0 aliphatic rings. The molecule has 2 heterocycles. The van der Waals surface area contributed by atoms with E-state index in [-0.39, 0.29) is 11.7 Å². The predicted octanol–water partition coefficient (Wildman–Crippen LogP) is 5.15. The molecule has 0 radical (unpaired) electrons. The minimum absolute atomic E-state index is 0.0980. The van der Waals surface area contributed by atoms with E-state index in [2.05, 4.69) is 28.2 Å². The summed E-state index contributed by atoms with van der Waals surface area (Å²) in [7, 11) is 1.62. The van der Waals surface area contributed by atoms with E-state index in [1.54, 1.807) is 13.2 Å². The van der Waals surface area contributed by atoms with Crippen LogP contribution in [0.1, 0.15) is 16.8 Å². The van der Waals surface area contributed by atoms with Crippen molar-refractivity contribution in [1.82, 2.24) is 19.3 Å². The summed E-state index contributed by atoms with van der Waals surface area (Å²) in [5, 5.41) is 22.0. The van der Waals surface area contributed by atoms with Crippen molar-refractivity contribution in [2.45, 2.75) is 25.5 Å². The predicted molar refractivity (Wildman–Crippen MR) is 142 cm³/mol. The van der Waals surface area contributed by atoms with Crippen LogP contribution in [-0.2, 0) is 11.3 Å². The van der Waals surface area contributed by atoms with Crippen molar-refractivity contribution in [1.29, 1.82) is 5.26 Å². The molecule has 1 amide bonds. The third-order valence-corrected chi connectivity index (χ3v) is 6.77. The molecule has 0 saturated carbocycles. The normalized spacial score (nSPS) is 10.6. The highest BCUT2D eigenvalue weighted by atomic mass is 32.2. The van der Waals surface area contributed by atoms with Gasteiger partial charge in [0.2, 0.25) is 5.91 Å². The number of rotatable bonds is 9. The van der Waals surface area contributed by atoms with Crippen LogP contribution in [0.2, 0.25) is 0 Å². The number of anilines is 1. The van der Waals surface area contributed by atoms with Crippen LogP contribution >= 0.6 is 11.8 Å². The van der Waals surface area contributed by atoms with Gasteiger partial charge in [0, 0.05) is 23.5 Å². The SMILES string of the molecule is C=CCn1c(SCC(=O)Nc2c(C#N)c(C)c(C)n2-c2ccccc2)nnc1-c1ccc(OC)cc1. The Labute approximate surface area is 214 Å². The summed E-state index contributed by atoms with van der Waals surface area (Å²) in [6.07, 6.45) is 1.76. The molecule has 0 aliphatic carbocycles. The fourth-order valence-electron chi connectivity index (χ4n) is 3.90. The first-order valence-corrected chi connectivity index (χ1v) is 12.3. The van der Waals surface area contributed by atoms with Gasteiger partial charge in [-0.15, -0.1) is 16.8 Å². The molecule has 2 aromatic carbocycles. The minimum atomic E-state index is -0.245. The van der Waals surface area contributed by atoms with Crippen molar-refractivity contribution in [3.8, 4) is 28.9 Å². The number of allylic oxidation sites excluding steroid dienone is 1. The maximum atomic E-state index is 13.0. The third-order valence-electron chi connectivity index (χ3n) is 5.81. The zero-order valence-electron chi connectivity index (χ0n) is 20.4. The number of thioether (sulfide) groups is 1. The molecule has 36 heavy (non-hydrogen) atoms. The lowest BCUT2D eigenvalue weighted by atomic mass is 10.2. The van der Waals surface area contributed by atoms with E-state index in [4.69, 9.17) is 4.74 Å². The molecule has 0 atom stereocenters. The number of carbonyl (C=O) groups excluding carboxylic acids is 1. The van der Waals surface area contributed by atoms with Crippen molar-refractivity contribution in [2.75, 3.05) is 18.2 Å². The topological polar surface area (TPSA) is 97.8 Å². The summed E-state index contributed by atoms with van der Waals surface area (Å²) in [6, 6.07) is 19.4. The molecule has 182 valence electrons. The highest BCUT2D eigenvalue weighted by Gasteiger charge is 2.21. The van der Waals surface area contributed by atoms with Crippen LogP contribution in [0.15, 0.2) is 72.4 Å².